The molecule has 1 saturated carbocycles. The summed E-state index contributed by atoms with van der Waals surface area (Å²) in [6.07, 6.45) is 7.26. The number of nitrogen functional groups attached to an aromatic ring is 1. The van der Waals surface area contributed by atoms with Crippen LogP contribution >= 0.6 is 11.3 Å². The van der Waals surface area contributed by atoms with Gasteiger partial charge < -0.3 is 15.9 Å². The molecule has 0 aromatic carbocycles. The first-order valence-corrected chi connectivity index (χ1v) is 8.49. The van der Waals surface area contributed by atoms with Crippen LogP contribution in [-0.4, -0.2) is 16.7 Å². The molecule has 2 aliphatic carbocycles. The minimum Gasteiger partial charge on any atom is -0.447 e. The van der Waals surface area contributed by atoms with Crippen molar-refractivity contribution in [1.29, 1.82) is 0 Å². The zero-order chi connectivity index (χ0) is 16.2. The summed E-state index contributed by atoms with van der Waals surface area (Å²) in [5.41, 5.74) is 11.7. The number of anilines is 1. The Morgan fingerprint density at radius 1 is 1.48 bits per heavy atom. The van der Waals surface area contributed by atoms with Crippen molar-refractivity contribution in [3.8, 4) is 0 Å². The standard InChI is InChI=1S/C16H17N3O3S/c17-14(21)11-9-3-4-16(5-8-1-2-8,10-6-19-7-22-10)13(20)12(9)23-15(11)18/h6-8H,1-5,18H2,(H2,17,21). The average Bonchev–Trinajstić information content (AvgIpc) is 3.01. The van der Waals surface area contributed by atoms with Crippen molar-refractivity contribution >= 4 is 28.0 Å². The quantitative estimate of drug-likeness (QED) is 0.892. The topological polar surface area (TPSA) is 112 Å². The maximum absolute atomic E-state index is 13.3. The molecule has 2 aromatic heterocycles. The van der Waals surface area contributed by atoms with Crippen LogP contribution in [0.25, 0.3) is 0 Å². The molecule has 4 rings (SSSR count). The molecule has 23 heavy (non-hydrogen) atoms. The minimum atomic E-state index is -0.684. The Morgan fingerprint density at radius 2 is 2.26 bits per heavy atom. The molecule has 1 amide bonds. The Hall–Kier alpha value is -2.15. The van der Waals surface area contributed by atoms with E-state index in [1.165, 1.54) is 17.7 Å². The Morgan fingerprint density at radius 3 is 2.87 bits per heavy atom. The van der Waals surface area contributed by atoms with Gasteiger partial charge in [0, 0.05) is 0 Å². The van der Waals surface area contributed by atoms with Gasteiger partial charge in [-0.1, -0.05) is 12.8 Å². The van der Waals surface area contributed by atoms with Crippen LogP contribution in [0, 0.1) is 5.92 Å². The van der Waals surface area contributed by atoms with Gasteiger partial charge in [-0.05, 0) is 30.7 Å². The molecule has 4 N–H and O–H groups in total. The highest BCUT2D eigenvalue weighted by molar-refractivity contribution is 7.18. The largest absolute Gasteiger partial charge is 0.447 e. The molecule has 0 aliphatic heterocycles. The summed E-state index contributed by atoms with van der Waals surface area (Å²) < 4.78 is 5.52. The highest BCUT2D eigenvalue weighted by atomic mass is 32.1. The number of carbonyl (C=O) groups is 2. The molecule has 2 heterocycles. The number of Topliss-reactive ketones (excluding diaryl/α,β-unsaturated/α-hetero) is 1. The fourth-order valence-corrected chi connectivity index (χ4v) is 4.80. The number of nitrogens with two attached hydrogens (primary N) is 2. The molecule has 6 nitrogen and oxygen atoms in total. The average molecular weight is 331 g/mol. The zero-order valence-corrected chi connectivity index (χ0v) is 13.3. The predicted molar refractivity (Wildman–Crippen MR) is 85.4 cm³/mol. The monoisotopic (exact) mass is 331 g/mol. The van der Waals surface area contributed by atoms with E-state index >= 15 is 0 Å². The Kier molecular flexibility index (Phi) is 3.09. The number of hydrogen-bond acceptors (Lipinski definition) is 6. The van der Waals surface area contributed by atoms with E-state index < -0.39 is 11.3 Å². The number of thiophene rings is 1. The number of nitrogens with zero attached hydrogens (tertiary/aromatic N) is 1. The summed E-state index contributed by atoms with van der Waals surface area (Å²) in [5.74, 6) is 0.597. The summed E-state index contributed by atoms with van der Waals surface area (Å²) in [6.45, 7) is 0. The second-order valence-electron chi connectivity index (χ2n) is 6.44. The number of amides is 1. The molecule has 7 heteroatoms. The zero-order valence-electron chi connectivity index (χ0n) is 12.5. The van der Waals surface area contributed by atoms with E-state index in [1.54, 1.807) is 6.20 Å². The van der Waals surface area contributed by atoms with Crippen LogP contribution in [0.3, 0.4) is 0 Å². The van der Waals surface area contributed by atoms with Crippen molar-refractivity contribution in [2.24, 2.45) is 11.7 Å². The van der Waals surface area contributed by atoms with E-state index in [0.717, 1.165) is 19.3 Å². The van der Waals surface area contributed by atoms with Crippen LogP contribution in [0.15, 0.2) is 17.0 Å². The smallest absolute Gasteiger partial charge is 0.251 e. The van der Waals surface area contributed by atoms with Gasteiger partial charge in [-0.3, -0.25) is 9.59 Å². The lowest BCUT2D eigenvalue weighted by Crippen LogP contribution is -2.40. The van der Waals surface area contributed by atoms with Gasteiger partial charge >= 0.3 is 0 Å². The molecule has 0 saturated heterocycles. The van der Waals surface area contributed by atoms with E-state index in [4.69, 9.17) is 15.9 Å². The molecule has 1 fully saturated rings. The van der Waals surface area contributed by atoms with Crippen molar-refractivity contribution in [2.45, 2.75) is 37.5 Å². The van der Waals surface area contributed by atoms with Crippen molar-refractivity contribution in [3.63, 3.8) is 0 Å². The first kappa shape index (κ1) is 14.4. The van der Waals surface area contributed by atoms with Gasteiger partial charge in [0.05, 0.1) is 27.1 Å². The van der Waals surface area contributed by atoms with Gasteiger partial charge in [-0.2, -0.15) is 0 Å². The molecule has 1 unspecified atom stereocenters. The summed E-state index contributed by atoms with van der Waals surface area (Å²) in [4.78, 5) is 29.5. The molecule has 2 aliphatic rings. The molecular weight excluding hydrogens is 314 g/mol. The molecule has 2 aromatic rings. The molecule has 0 bridgehead atoms. The third-order valence-corrected chi connectivity index (χ3v) is 6.02. The number of rotatable bonds is 4. The van der Waals surface area contributed by atoms with E-state index in [9.17, 15) is 9.59 Å². The van der Waals surface area contributed by atoms with E-state index in [2.05, 4.69) is 4.98 Å². The predicted octanol–water partition coefficient (Wildman–Crippen LogP) is 2.28. The first-order chi connectivity index (χ1) is 11.0. The lowest BCUT2D eigenvalue weighted by atomic mass is 9.68. The summed E-state index contributed by atoms with van der Waals surface area (Å²) in [7, 11) is 0. The number of fused-ring (bicyclic) bond motifs is 1. The van der Waals surface area contributed by atoms with Crippen LogP contribution in [0.2, 0.25) is 0 Å². The van der Waals surface area contributed by atoms with Crippen LogP contribution in [-0.2, 0) is 11.8 Å². The number of carbonyl (C=O) groups excluding carboxylic acids is 2. The van der Waals surface area contributed by atoms with Crippen molar-refractivity contribution < 1.29 is 14.0 Å². The Bertz CT molecular complexity index is 792. The van der Waals surface area contributed by atoms with E-state index in [1.807, 2.05) is 0 Å². The fourth-order valence-electron chi connectivity index (χ4n) is 3.64. The van der Waals surface area contributed by atoms with E-state index in [0.29, 0.717) is 45.5 Å². The van der Waals surface area contributed by atoms with Gasteiger partial charge in [-0.15, -0.1) is 11.3 Å². The highest BCUT2D eigenvalue weighted by Crippen LogP contribution is 2.50. The number of aromatic nitrogens is 1. The third-order valence-electron chi connectivity index (χ3n) is 4.96. The van der Waals surface area contributed by atoms with Crippen LogP contribution in [0.1, 0.15) is 57.0 Å². The Balaban J connectivity index is 1.83. The van der Waals surface area contributed by atoms with Gasteiger partial charge in [0.15, 0.2) is 12.2 Å². The second-order valence-corrected chi connectivity index (χ2v) is 7.49. The van der Waals surface area contributed by atoms with Crippen molar-refractivity contribution in [2.75, 3.05) is 5.73 Å². The minimum absolute atomic E-state index is 0.00778. The number of oxazole rings is 1. The third kappa shape index (κ3) is 2.10. The lowest BCUT2D eigenvalue weighted by molar-refractivity contribution is 0.0821. The summed E-state index contributed by atoms with van der Waals surface area (Å²) in [5, 5.41) is 0.329. The maximum atomic E-state index is 13.3. The molecule has 120 valence electrons. The first-order valence-electron chi connectivity index (χ1n) is 7.67. The van der Waals surface area contributed by atoms with E-state index in [-0.39, 0.29) is 5.78 Å². The van der Waals surface area contributed by atoms with Gasteiger partial charge in [-0.25, -0.2) is 4.98 Å². The van der Waals surface area contributed by atoms with Gasteiger partial charge in [0.1, 0.15) is 5.76 Å². The SMILES string of the molecule is NC(=O)c1c(N)sc2c1CCC(CC1CC1)(c1cnco1)C2=O. The van der Waals surface area contributed by atoms with Crippen LogP contribution in [0.4, 0.5) is 5.00 Å². The molecule has 1 atom stereocenters. The normalized spacial score (nSPS) is 23.7. The number of hydrogen-bond donors (Lipinski definition) is 2. The number of ketones is 1. The van der Waals surface area contributed by atoms with Gasteiger partial charge in [0.2, 0.25) is 0 Å². The maximum Gasteiger partial charge on any atom is 0.251 e. The molecular formula is C16H17N3O3S. The van der Waals surface area contributed by atoms with Crippen molar-refractivity contribution in [3.05, 3.63) is 34.4 Å². The molecule has 0 spiro atoms. The fraction of sp³-hybridized carbons (Fsp3) is 0.438. The summed E-state index contributed by atoms with van der Waals surface area (Å²) >= 11 is 1.17. The highest BCUT2D eigenvalue weighted by Gasteiger charge is 2.51. The van der Waals surface area contributed by atoms with Gasteiger partial charge in [0.25, 0.3) is 5.91 Å². The van der Waals surface area contributed by atoms with Crippen LogP contribution < -0.4 is 11.5 Å². The Labute approximate surface area is 136 Å². The van der Waals surface area contributed by atoms with Crippen molar-refractivity contribution in [1.82, 2.24) is 4.98 Å². The number of primary amides is 1. The summed E-state index contributed by atoms with van der Waals surface area (Å²) in [6, 6.07) is 0. The second kappa shape index (κ2) is 4.92. The lowest BCUT2D eigenvalue weighted by Gasteiger charge is -2.33. The van der Waals surface area contributed by atoms with Crippen LogP contribution in [0.5, 0.6) is 0 Å². The molecule has 0 radical (unpaired) electrons.